The Kier molecular flexibility index (Phi) is 10.8. The third-order valence-electron chi connectivity index (χ3n) is 6.27. The van der Waals surface area contributed by atoms with Crippen molar-refractivity contribution in [3.8, 4) is 28.7 Å². The van der Waals surface area contributed by atoms with E-state index >= 15 is 0 Å². The van der Waals surface area contributed by atoms with Gasteiger partial charge in [0.1, 0.15) is 11.3 Å². The summed E-state index contributed by atoms with van der Waals surface area (Å²) in [6.45, 7) is 4.52. The van der Waals surface area contributed by atoms with E-state index in [1.54, 1.807) is 42.5 Å². The van der Waals surface area contributed by atoms with Crippen molar-refractivity contribution < 1.29 is 33.6 Å². The number of carbonyl (C=O) groups is 2. The first kappa shape index (κ1) is 31.3. The molecule has 0 spiro atoms. The molecule has 0 saturated carbocycles. The summed E-state index contributed by atoms with van der Waals surface area (Å²) in [6.07, 6.45) is 3.03. The highest BCUT2D eigenvalue weighted by molar-refractivity contribution is 6.34. The van der Waals surface area contributed by atoms with E-state index < -0.39 is 17.7 Å². The number of carbonyl (C=O) groups excluding carboxylic acids is 2. The van der Waals surface area contributed by atoms with Gasteiger partial charge in [-0.1, -0.05) is 79.7 Å². The molecule has 4 aromatic rings. The van der Waals surface area contributed by atoms with Crippen LogP contribution < -0.4 is 18.9 Å². The number of hydrogen-bond donors (Lipinski definition) is 1. The maximum Gasteiger partial charge on any atom is 0.347 e. The van der Waals surface area contributed by atoms with Crippen LogP contribution in [0.25, 0.3) is 10.8 Å². The van der Waals surface area contributed by atoms with Crippen molar-refractivity contribution >= 4 is 57.5 Å². The average Bonchev–Trinajstić information content (AvgIpc) is 2.97. The van der Waals surface area contributed by atoms with Crippen LogP contribution in [0.5, 0.6) is 28.7 Å². The van der Waals surface area contributed by atoms with Crippen molar-refractivity contribution in [2.75, 3.05) is 13.2 Å². The third kappa shape index (κ3) is 7.04. The van der Waals surface area contributed by atoms with Gasteiger partial charge in [0.05, 0.1) is 28.8 Å². The zero-order valence-corrected chi connectivity index (χ0v) is 25.3. The van der Waals surface area contributed by atoms with Crippen LogP contribution in [0, 0.1) is 0 Å². The number of phenols is 1. The first-order valence-electron chi connectivity index (χ1n) is 13.5. The van der Waals surface area contributed by atoms with Gasteiger partial charge >= 0.3 is 11.9 Å². The Morgan fingerprint density at radius 2 is 1.21 bits per heavy atom. The molecule has 4 rings (SSSR count). The van der Waals surface area contributed by atoms with Gasteiger partial charge in [0.15, 0.2) is 11.5 Å². The molecule has 0 atom stereocenters. The Morgan fingerprint density at radius 3 is 1.83 bits per heavy atom. The molecule has 0 aliphatic heterocycles. The molecule has 0 fully saturated rings. The Bertz CT molecular complexity index is 1600. The van der Waals surface area contributed by atoms with Crippen molar-refractivity contribution in [3.63, 3.8) is 0 Å². The Balaban J connectivity index is 1.95. The standard InChI is InChI=1S/C32H29Cl3O7/c1-3-5-16-39-29-27(41-32(38)22-11-9-13-25(35)26(22)36)20-15-14-19(33)18-23(20)28(30(29)40-17-6-4-2)42-31(37)21-10-7-8-12-24(21)34/h7-15,18,36H,3-6,16-17H2,1-2H3. The fourth-order valence-corrected chi connectivity index (χ4v) is 4.62. The summed E-state index contributed by atoms with van der Waals surface area (Å²) in [4.78, 5) is 26.7. The number of para-hydroxylation sites is 1. The maximum absolute atomic E-state index is 13.4. The number of benzene rings is 4. The monoisotopic (exact) mass is 630 g/mol. The molecule has 0 aromatic heterocycles. The highest BCUT2D eigenvalue weighted by Gasteiger charge is 2.30. The zero-order valence-electron chi connectivity index (χ0n) is 23.0. The van der Waals surface area contributed by atoms with E-state index in [9.17, 15) is 14.7 Å². The fourth-order valence-electron chi connectivity index (χ4n) is 4.06. The summed E-state index contributed by atoms with van der Waals surface area (Å²) < 4.78 is 24.2. The lowest BCUT2D eigenvalue weighted by Gasteiger charge is -2.22. The molecule has 0 radical (unpaired) electrons. The van der Waals surface area contributed by atoms with Gasteiger partial charge in [-0.25, -0.2) is 9.59 Å². The maximum atomic E-state index is 13.4. The van der Waals surface area contributed by atoms with Crippen LogP contribution in [0.4, 0.5) is 0 Å². The molecule has 0 unspecified atom stereocenters. The van der Waals surface area contributed by atoms with Crippen molar-refractivity contribution in [1.82, 2.24) is 0 Å². The summed E-state index contributed by atoms with van der Waals surface area (Å²) in [5.74, 6) is -1.87. The normalized spacial score (nSPS) is 10.9. The van der Waals surface area contributed by atoms with Gasteiger partial charge in [0.25, 0.3) is 0 Å². The molecular formula is C32H29Cl3O7. The van der Waals surface area contributed by atoms with E-state index in [1.807, 2.05) is 13.8 Å². The van der Waals surface area contributed by atoms with Gasteiger partial charge in [-0.2, -0.15) is 0 Å². The zero-order chi connectivity index (χ0) is 30.2. The number of rotatable bonds is 12. The number of halogens is 3. The Labute approximate surface area is 258 Å². The third-order valence-corrected chi connectivity index (χ3v) is 7.14. The minimum absolute atomic E-state index is 0.00573. The molecule has 1 N–H and O–H groups in total. The molecule has 0 aliphatic carbocycles. The molecule has 0 heterocycles. The van der Waals surface area contributed by atoms with Gasteiger partial charge in [-0.3, -0.25) is 0 Å². The van der Waals surface area contributed by atoms with Crippen molar-refractivity contribution in [2.24, 2.45) is 0 Å². The summed E-state index contributed by atoms with van der Waals surface area (Å²) in [5, 5.41) is 11.7. The van der Waals surface area contributed by atoms with Crippen LogP contribution in [0.15, 0.2) is 60.7 Å². The van der Waals surface area contributed by atoms with E-state index in [-0.39, 0.29) is 57.4 Å². The smallest absolute Gasteiger partial charge is 0.347 e. The summed E-state index contributed by atoms with van der Waals surface area (Å²) >= 11 is 18.7. The number of hydrogen-bond acceptors (Lipinski definition) is 7. The van der Waals surface area contributed by atoms with Gasteiger partial charge < -0.3 is 24.1 Å². The summed E-state index contributed by atoms with van der Waals surface area (Å²) in [6, 6.07) is 15.7. The SMILES string of the molecule is CCCCOc1c(OCCCC)c(OC(=O)c2cccc(Cl)c2O)c2ccc(Cl)cc2c1OC(=O)c1ccccc1Cl. The van der Waals surface area contributed by atoms with Gasteiger partial charge in [-0.15, -0.1) is 0 Å². The van der Waals surface area contributed by atoms with Crippen LogP contribution in [-0.4, -0.2) is 30.3 Å². The lowest BCUT2D eigenvalue weighted by atomic mass is 10.1. The molecule has 0 aliphatic rings. The van der Waals surface area contributed by atoms with E-state index in [1.165, 1.54) is 18.2 Å². The number of fused-ring (bicyclic) bond motifs is 1. The van der Waals surface area contributed by atoms with Crippen LogP contribution in [-0.2, 0) is 0 Å². The fraction of sp³-hybridized carbons (Fsp3) is 0.250. The minimum Gasteiger partial charge on any atom is -0.505 e. The minimum atomic E-state index is -0.882. The molecule has 42 heavy (non-hydrogen) atoms. The van der Waals surface area contributed by atoms with E-state index in [4.69, 9.17) is 53.8 Å². The quantitative estimate of drug-likeness (QED) is 0.0946. The first-order valence-corrected chi connectivity index (χ1v) is 14.6. The summed E-state index contributed by atoms with van der Waals surface area (Å²) in [7, 11) is 0. The van der Waals surface area contributed by atoms with Gasteiger partial charge in [-0.05, 0) is 55.3 Å². The number of phenolic OH excluding ortho intramolecular Hbond substituents is 1. The van der Waals surface area contributed by atoms with Gasteiger partial charge in [0, 0.05) is 15.8 Å². The van der Waals surface area contributed by atoms with Gasteiger partial charge in [0.2, 0.25) is 11.5 Å². The average molecular weight is 632 g/mol. The van der Waals surface area contributed by atoms with Crippen LogP contribution in [0.1, 0.15) is 60.2 Å². The number of aromatic hydroxyl groups is 1. The van der Waals surface area contributed by atoms with Crippen molar-refractivity contribution in [1.29, 1.82) is 0 Å². The van der Waals surface area contributed by atoms with E-state index in [0.717, 1.165) is 12.8 Å². The highest BCUT2D eigenvalue weighted by atomic mass is 35.5. The van der Waals surface area contributed by atoms with E-state index in [0.29, 0.717) is 28.6 Å². The van der Waals surface area contributed by atoms with Crippen LogP contribution in [0.2, 0.25) is 15.1 Å². The predicted octanol–water partition coefficient (Wildman–Crippen LogP) is 9.30. The molecule has 0 amide bonds. The molecule has 7 nitrogen and oxygen atoms in total. The van der Waals surface area contributed by atoms with Crippen molar-refractivity contribution in [2.45, 2.75) is 39.5 Å². The Morgan fingerprint density at radius 1 is 0.667 bits per heavy atom. The first-order chi connectivity index (χ1) is 20.3. The van der Waals surface area contributed by atoms with Crippen LogP contribution in [0.3, 0.4) is 0 Å². The van der Waals surface area contributed by atoms with E-state index in [2.05, 4.69) is 0 Å². The molecule has 10 heteroatoms. The largest absolute Gasteiger partial charge is 0.505 e. The molecular weight excluding hydrogens is 603 g/mol. The Hall–Kier alpha value is -3.65. The lowest BCUT2D eigenvalue weighted by Crippen LogP contribution is -2.14. The van der Waals surface area contributed by atoms with Crippen molar-refractivity contribution in [3.05, 3.63) is 86.9 Å². The summed E-state index contributed by atoms with van der Waals surface area (Å²) in [5.41, 5.74) is 0.000960. The molecule has 0 saturated heterocycles. The molecule has 0 bridgehead atoms. The highest BCUT2D eigenvalue weighted by Crippen LogP contribution is 2.52. The number of unbranched alkanes of at least 4 members (excludes halogenated alkanes) is 2. The predicted molar refractivity (Wildman–Crippen MR) is 164 cm³/mol. The lowest BCUT2D eigenvalue weighted by molar-refractivity contribution is 0.0709. The second-order valence-electron chi connectivity index (χ2n) is 9.31. The number of ether oxygens (including phenoxy) is 4. The second-order valence-corrected chi connectivity index (χ2v) is 10.6. The van der Waals surface area contributed by atoms with Crippen LogP contribution >= 0.6 is 34.8 Å². The second kappa shape index (κ2) is 14.5. The topological polar surface area (TPSA) is 91.3 Å². The number of esters is 2. The molecule has 220 valence electrons. The molecule has 4 aromatic carbocycles.